The molecule has 0 aromatic heterocycles. The van der Waals surface area contributed by atoms with Gasteiger partial charge in [-0.05, 0) is 29.8 Å². The highest BCUT2D eigenvalue weighted by Gasteiger charge is 2.31. The van der Waals surface area contributed by atoms with Gasteiger partial charge in [-0.15, -0.1) is 0 Å². The molecular formula is C15H12BrF3O. The lowest BCUT2D eigenvalue weighted by atomic mass is 10.1. The maximum Gasteiger partial charge on any atom is 0.390 e. The summed E-state index contributed by atoms with van der Waals surface area (Å²) in [5.41, 5.74) is 0.572. The summed E-state index contributed by atoms with van der Waals surface area (Å²) in [5, 5.41) is 0. The Bertz CT molecular complexity index is 537. The van der Waals surface area contributed by atoms with Gasteiger partial charge < -0.3 is 4.74 Å². The monoisotopic (exact) mass is 344 g/mol. The van der Waals surface area contributed by atoms with Crippen molar-refractivity contribution in [3.05, 3.63) is 60.2 Å². The van der Waals surface area contributed by atoms with E-state index in [1.807, 2.05) is 30.3 Å². The molecule has 5 heteroatoms. The lowest BCUT2D eigenvalue weighted by Crippen LogP contribution is -2.10. The third-order valence-corrected chi connectivity index (χ3v) is 3.48. The largest absolute Gasteiger partial charge is 0.457 e. The molecule has 2 aromatic carbocycles. The molecule has 2 rings (SSSR count). The van der Waals surface area contributed by atoms with Gasteiger partial charge >= 0.3 is 6.18 Å². The van der Waals surface area contributed by atoms with Gasteiger partial charge in [0, 0.05) is 4.83 Å². The van der Waals surface area contributed by atoms with E-state index in [2.05, 4.69) is 15.9 Å². The van der Waals surface area contributed by atoms with Crippen molar-refractivity contribution in [1.29, 1.82) is 0 Å². The van der Waals surface area contributed by atoms with Crippen molar-refractivity contribution in [3.8, 4) is 11.5 Å². The van der Waals surface area contributed by atoms with Gasteiger partial charge in [-0.25, -0.2) is 0 Å². The van der Waals surface area contributed by atoms with E-state index in [-0.39, 0.29) is 0 Å². The molecule has 0 saturated carbocycles. The fourth-order valence-electron chi connectivity index (χ4n) is 1.69. The van der Waals surface area contributed by atoms with Gasteiger partial charge in [0.2, 0.25) is 0 Å². The number of benzene rings is 2. The van der Waals surface area contributed by atoms with Crippen LogP contribution in [0.2, 0.25) is 0 Å². The molecule has 0 fully saturated rings. The van der Waals surface area contributed by atoms with Crippen molar-refractivity contribution in [2.75, 3.05) is 0 Å². The fourth-order valence-corrected chi connectivity index (χ4v) is 2.36. The normalized spacial score (nSPS) is 13.0. The van der Waals surface area contributed by atoms with Crippen LogP contribution in [0.15, 0.2) is 54.6 Å². The molecule has 106 valence electrons. The number of rotatable bonds is 4. The number of ether oxygens (including phenoxy) is 1. The van der Waals surface area contributed by atoms with E-state index in [4.69, 9.17) is 4.74 Å². The molecule has 20 heavy (non-hydrogen) atoms. The first-order valence-electron chi connectivity index (χ1n) is 5.98. The van der Waals surface area contributed by atoms with Crippen LogP contribution in [0, 0.1) is 0 Å². The Labute approximate surface area is 123 Å². The van der Waals surface area contributed by atoms with Crippen molar-refractivity contribution < 1.29 is 17.9 Å². The highest BCUT2D eigenvalue weighted by molar-refractivity contribution is 9.09. The molecule has 0 amide bonds. The Morgan fingerprint density at radius 1 is 0.900 bits per heavy atom. The molecular weight excluding hydrogens is 333 g/mol. The minimum atomic E-state index is -4.19. The second-order valence-electron chi connectivity index (χ2n) is 4.27. The molecule has 1 nitrogen and oxygen atoms in total. The quantitative estimate of drug-likeness (QED) is 0.630. The summed E-state index contributed by atoms with van der Waals surface area (Å²) >= 11 is 3.05. The number of hydrogen-bond acceptors (Lipinski definition) is 1. The van der Waals surface area contributed by atoms with E-state index in [1.165, 1.54) is 0 Å². The topological polar surface area (TPSA) is 9.23 Å². The van der Waals surface area contributed by atoms with Gasteiger partial charge in [0.15, 0.2) is 0 Å². The van der Waals surface area contributed by atoms with Crippen LogP contribution >= 0.6 is 15.9 Å². The second-order valence-corrected chi connectivity index (χ2v) is 5.38. The molecule has 1 atom stereocenters. The predicted octanol–water partition coefficient (Wildman–Crippen LogP) is 5.87. The standard InChI is InChI=1S/C15H12BrF3O/c16-14(10-15(17,18)19)11-6-8-13(9-7-11)20-12-4-2-1-3-5-12/h1-9,14H,10H2. The molecule has 2 aromatic rings. The molecule has 0 radical (unpaired) electrons. The third-order valence-electron chi connectivity index (χ3n) is 2.63. The zero-order valence-corrected chi connectivity index (χ0v) is 12.0. The first-order valence-corrected chi connectivity index (χ1v) is 6.89. The Balaban J connectivity index is 2.03. The molecule has 0 aliphatic rings. The maximum absolute atomic E-state index is 12.3. The average Bonchev–Trinajstić information content (AvgIpc) is 2.39. The molecule has 0 heterocycles. The Morgan fingerprint density at radius 2 is 1.45 bits per heavy atom. The molecule has 0 aliphatic heterocycles. The minimum Gasteiger partial charge on any atom is -0.457 e. The summed E-state index contributed by atoms with van der Waals surface area (Å²) in [6, 6.07) is 15.8. The van der Waals surface area contributed by atoms with Crippen molar-refractivity contribution in [3.63, 3.8) is 0 Å². The van der Waals surface area contributed by atoms with E-state index in [9.17, 15) is 13.2 Å². The van der Waals surface area contributed by atoms with Gasteiger partial charge in [0.05, 0.1) is 6.42 Å². The third kappa shape index (κ3) is 4.56. The van der Waals surface area contributed by atoms with E-state index >= 15 is 0 Å². The Morgan fingerprint density at radius 3 is 2.00 bits per heavy atom. The lowest BCUT2D eigenvalue weighted by Gasteiger charge is -2.13. The minimum absolute atomic E-state index is 0.572. The summed E-state index contributed by atoms with van der Waals surface area (Å²) in [7, 11) is 0. The SMILES string of the molecule is FC(F)(F)CC(Br)c1ccc(Oc2ccccc2)cc1. The van der Waals surface area contributed by atoms with Gasteiger partial charge in [0.1, 0.15) is 11.5 Å². The highest BCUT2D eigenvalue weighted by Crippen LogP contribution is 2.36. The lowest BCUT2D eigenvalue weighted by molar-refractivity contribution is -0.134. The van der Waals surface area contributed by atoms with Crippen LogP contribution in [0.4, 0.5) is 13.2 Å². The highest BCUT2D eigenvalue weighted by atomic mass is 79.9. The van der Waals surface area contributed by atoms with Crippen LogP contribution in [-0.2, 0) is 0 Å². The first kappa shape index (κ1) is 14.9. The summed E-state index contributed by atoms with van der Waals surface area (Å²) in [6.45, 7) is 0. The van der Waals surface area contributed by atoms with Gasteiger partial charge in [-0.3, -0.25) is 0 Å². The maximum atomic E-state index is 12.3. The molecule has 0 bridgehead atoms. The Hall–Kier alpha value is -1.49. The summed E-state index contributed by atoms with van der Waals surface area (Å²) in [5.74, 6) is 1.28. The average molecular weight is 345 g/mol. The van der Waals surface area contributed by atoms with E-state index in [0.29, 0.717) is 17.1 Å². The summed E-state index contributed by atoms with van der Waals surface area (Å²) in [4.78, 5) is -0.742. The van der Waals surface area contributed by atoms with Crippen molar-refractivity contribution in [2.45, 2.75) is 17.4 Å². The zero-order valence-electron chi connectivity index (χ0n) is 10.4. The first-order chi connectivity index (χ1) is 9.44. The molecule has 0 N–H and O–H groups in total. The number of alkyl halides is 4. The van der Waals surface area contributed by atoms with Crippen molar-refractivity contribution in [1.82, 2.24) is 0 Å². The summed E-state index contributed by atoms with van der Waals surface area (Å²) < 4.78 is 42.5. The van der Waals surface area contributed by atoms with Crippen molar-refractivity contribution >= 4 is 15.9 Å². The van der Waals surface area contributed by atoms with Crippen LogP contribution in [0.5, 0.6) is 11.5 Å². The molecule has 0 spiro atoms. The number of halogens is 4. The second kappa shape index (κ2) is 6.31. The van der Waals surface area contributed by atoms with Crippen LogP contribution in [0.25, 0.3) is 0 Å². The number of hydrogen-bond donors (Lipinski definition) is 0. The van der Waals surface area contributed by atoms with E-state index < -0.39 is 17.4 Å². The van der Waals surface area contributed by atoms with Gasteiger partial charge in [-0.2, -0.15) is 13.2 Å². The van der Waals surface area contributed by atoms with Gasteiger partial charge in [-0.1, -0.05) is 46.3 Å². The van der Waals surface area contributed by atoms with Crippen LogP contribution in [0.1, 0.15) is 16.8 Å². The summed E-state index contributed by atoms with van der Waals surface area (Å²) in [6.07, 6.45) is -5.08. The van der Waals surface area contributed by atoms with E-state index in [0.717, 1.165) is 0 Å². The van der Waals surface area contributed by atoms with Crippen molar-refractivity contribution in [2.24, 2.45) is 0 Å². The van der Waals surface area contributed by atoms with Crippen LogP contribution < -0.4 is 4.74 Å². The Kier molecular flexibility index (Phi) is 4.70. The predicted molar refractivity (Wildman–Crippen MR) is 75.3 cm³/mol. The fraction of sp³-hybridized carbons (Fsp3) is 0.200. The van der Waals surface area contributed by atoms with Crippen LogP contribution in [0.3, 0.4) is 0 Å². The van der Waals surface area contributed by atoms with Crippen LogP contribution in [-0.4, -0.2) is 6.18 Å². The molecule has 1 unspecified atom stereocenters. The van der Waals surface area contributed by atoms with E-state index in [1.54, 1.807) is 24.3 Å². The molecule has 0 aliphatic carbocycles. The molecule has 0 saturated heterocycles. The zero-order chi connectivity index (χ0) is 14.6. The smallest absolute Gasteiger partial charge is 0.390 e. The van der Waals surface area contributed by atoms with Gasteiger partial charge in [0.25, 0.3) is 0 Å². The number of para-hydroxylation sites is 1.